The molecule has 1 aliphatic rings. The van der Waals surface area contributed by atoms with Gasteiger partial charge in [-0.25, -0.2) is 0 Å². The van der Waals surface area contributed by atoms with Crippen LogP contribution in [0.3, 0.4) is 0 Å². The van der Waals surface area contributed by atoms with Crippen molar-refractivity contribution in [1.29, 1.82) is 0 Å². The molecule has 0 saturated heterocycles. The largest absolute Gasteiger partial charge is 0.389 e. The van der Waals surface area contributed by atoms with Crippen molar-refractivity contribution < 1.29 is 13.2 Å². The van der Waals surface area contributed by atoms with Crippen molar-refractivity contribution in [3.05, 3.63) is 0 Å². The molecule has 0 aliphatic heterocycles. The second kappa shape index (κ2) is 5.89. The van der Waals surface area contributed by atoms with Gasteiger partial charge in [0.15, 0.2) is 0 Å². The van der Waals surface area contributed by atoms with Crippen LogP contribution in [0, 0.1) is 11.8 Å². The fourth-order valence-electron chi connectivity index (χ4n) is 2.23. The van der Waals surface area contributed by atoms with E-state index in [4.69, 9.17) is 0 Å². The fraction of sp³-hybridized carbons (Fsp3) is 1.00. The van der Waals surface area contributed by atoms with E-state index in [1.165, 1.54) is 6.42 Å². The van der Waals surface area contributed by atoms with Gasteiger partial charge in [0, 0.05) is 12.5 Å². The maximum absolute atomic E-state index is 12.0. The lowest BCUT2D eigenvalue weighted by Gasteiger charge is -2.18. The number of hydrogen-bond acceptors (Lipinski definition) is 1. The summed E-state index contributed by atoms with van der Waals surface area (Å²) in [6.45, 7) is 5.17. The molecule has 1 aliphatic carbocycles. The van der Waals surface area contributed by atoms with Gasteiger partial charge in [-0.2, -0.15) is 13.2 Å². The SMILES string of the molecule is CCCNC(CCCC(F)(F)F)C1CC1C. The fourth-order valence-corrected chi connectivity index (χ4v) is 2.23. The van der Waals surface area contributed by atoms with Crippen LogP contribution in [-0.2, 0) is 0 Å². The Hall–Kier alpha value is -0.250. The standard InChI is InChI=1S/C12H22F3N/c1-3-7-16-11(10-8-9(10)2)5-4-6-12(13,14)15/h9-11,16H,3-8H2,1-2H3. The molecule has 3 unspecified atom stereocenters. The summed E-state index contributed by atoms with van der Waals surface area (Å²) in [4.78, 5) is 0. The van der Waals surface area contributed by atoms with Crippen molar-refractivity contribution >= 4 is 0 Å². The summed E-state index contributed by atoms with van der Waals surface area (Å²) in [5, 5.41) is 3.38. The first kappa shape index (κ1) is 13.8. The summed E-state index contributed by atoms with van der Waals surface area (Å²) in [5.41, 5.74) is 0. The number of rotatable bonds is 7. The van der Waals surface area contributed by atoms with E-state index in [9.17, 15) is 13.2 Å². The Morgan fingerprint density at radius 1 is 1.38 bits per heavy atom. The Bertz CT molecular complexity index is 203. The highest BCUT2D eigenvalue weighted by Crippen LogP contribution is 2.42. The van der Waals surface area contributed by atoms with Crippen LogP contribution in [0.2, 0.25) is 0 Å². The highest BCUT2D eigenvalue weighted by Gasteiger charge is 2.39. The molecular weight excluding hydrogens is 215 g/mol. The Balaban J connectivity index is 2.22. The first-order valence-corrected chi connectivity index (χ1v) is 6.24. The molecular formula is C12H22F3N. The van der Waals surface area contributed by atoms with Crippen LogP contribution >= 0.6 is 0 Å². The van der Waals surface area contributed by atoms with Gasteiger partial charge in [-0.1, -0.05) is 13.8 Å². The monoisotopic (exact) mass is 237 g/mol. The third-order valence-electron chi connectivity index (χ3n) is 3.32. The van der Waals surface area contributed by atoms with Gasteiger partial charge in [-0.3, -0.25) is 0 Å². The molecule has 3 atom stereocenters. The minimum atomic E-state index is -4.00. The van der Waals surface area contributed by atoms with E-state index in [0.29, 0.717) is 24.3 Å². The third-order valence-corrected chi connectivity index (χ3v) is 3.32. The van der Waals surface area contributed by atoms with E-state index in [2.05, 4.69) is 19.2 Å². The van der Waals surface area contributed by atoms with Crippen molar-refractivity contribution in [3.63, 3.8) is 0 Å². The Morgan fingerprint density at radius 3 is 2.44 bits per heavy atom. The third kappa shape index (κ3) is 5.19. The highest BCUT2D eigenvalue weighted by molar-refractivity contribution is 4.92. The summed E-state index contributed by atoms with van der Waals surface area (Å²) in [6.07, 6.45) is -1.50. The van der Waals surface area contributed by atoms with E-state index < -0.39 is 12.6 Å². The van der Waals surface area contributed by atoms with Gasteiger partial charge in [0.05, 0.1) is 0 Å². The van der Waals surface area contributed by atoms with E-state index in [1.807, 2.05) is 0 Å². The van der Waals surface area contributed by atoms with Crippen molar-refractivity contribution in [3.8, 4) is 0 Å². The molecule has 0 spiro atoms. The molecule has 96 valence electrons. The summed E-state index contributed by atoms with van der Waals surface area (Å²) < 4.78 is 36.1. The van der Waals surface area contributed by atoms with Gasteiger partial charge in [-0.15, -0.1) is 0 Å². The Kier molecular flexibility index (Phi) is 5.09. The normalized spacial score (nSPS) is 26.8. The molecule has 0 aromatic rings. The first-order chi connectivity index (χ1) is 7.44. The lowest BCUT2D eigenvalue weighted by Crippen LogP contribution is -2.32. The average molecular weight is 237 g/mol. The van der Waals surface area contributed by atoms with Crippen LogP contribution < -0.4 is 5.32 Å². The van der Waals surface area contributed by atoms with Crippen LogP contribution in [0.25, 0.3) is 0 Å². The molecule has 16 heavy (non-hydrogen) atoms. The average Bonchev–Trinajstić information content (AvgIpc) is 2.87. The maximum Gasteiger partial charge on any atom is 0.389 e. The molecule has 0 radical (unpaired) electrons. The smallest absolute Gasteiger partial charge is 0.314 e. The van der Waals surface area contributed by atoms with Crippen LogP contribution in [0.15, 0.2) is 0 Å². The van der Waals surface area contributed by atoms with Gasteiger partial charge in [0.1, 0.15) is 0 Å². The van der Waals surface area contributed by atoms with Gasteiger partial charge in [0.2, 0.25) is 0 Å². The Morgan fingerprint density at radius 2 is 2.00 bits per heavy atom. The topological polar surface area (TPSA) is 12.0 Å². The zero-order valence-electron chi connectivity index (χ0n) is 10.1. The van der Waals surface area contributed by atoms with Gasteiger partial charge < -0.3 is 5.32 Å². The van der Waals surface area contributed by atoms with Gasteiger partial charge >= 0.3 is 6.18 Å². The van der Waals surface area contributed by atoms with E-state index in [-0.39, 0.29) is 6.42 Å². The molecule has 1 fully saturated rings. The predicted octanol–water partition coefficient (Wildman–Crippen LogP) is 3.74. The van der Waals surface area contributed by atoms with E-state index in [1.54, 1.807) is 0 Å². The highest BCUT2D eigenvalue weighted by atomic mass is 19.4. The molecule has 1 rings (SSSR count). The zero-order valence-corrected chi connectivity index (χ0v) is 10.1. The molecule has 1 N–H and O–H groups in total. The second-order valence-corrected chi connectivity index (χ2v) is 4.94. The summed E-state index contributed by atoms with van der Waals surface area (Å²) in [6, 6.07) is 0.303. The van der Waals surface area contributed by atoms with Crippen LogP contribution in [0.5, 0.6) is 0 Å². The minimum absolute atomic E-state index is 0.258. The molecule has 0 bridgehead atoms. The molecule has 0 heterocycles. The zero-order chi connectivity index (χ0) is 12.2. The molecule has 1 nitrogen and oxygen atoms in total. The minimum Gasteiger partial charge on any atom is -0.314 e. The first-order valence-electron chi connectivity index (χ1n) is 6.24. The lowest BCUT2D eigenvalue weighted by molar-refractivity contribution is -0.135. The predicted molar refractivity (Wildman–Crippen MR) is 59.3 cm³/mol. The number of hydrogen-bond donors (Lipinski definition) is 1. The van der Waals surface area contributed by atoms with Crippen molar-refractivity contribution in [2.75, 3.05) is 6.54 Å². The number of halogens is 3. The summed E-state index contributed by atoms with van der Waals surface area (Å²) in [7, 11) is 0. The summed E-state index contributed by atoms with van der Waals surface area (Å²) >= 11 is 0. The van der Waals surface area contributed by atoms with Crippen molar-refractivity contribution in [2.24, 2.45) is 11.8 Å². The molecule has 0 aromatic carbocycles. The van der Waals surface area contributed by atoms with Crippen molar-refractivity contribution in [2.45, 2.75) is 58.2 Å². The molecule has 1 saturated carbocycles. The second-order valence-electron chi connectivity index (χ2n) is 4.94. The summed E-state index contributed by atoms with van der Waals surface area (Å²) in [5.74, 6) is 1.31. The molecule has 0 aromatic heterocycles. The number of alkyl halides is 3. The molecule has 0 amide bonds. The van der Waals surface area contributed by atoms with E-state index in [0.717, 1.165) is 13.0 Å². The number of nitrogens with one attached hydrogen (secondary N) is 1. The molecule has 4 heteroatoms. The van der Waals surface area contributed by atoms with Crippen molar-refractivity contribution in [1.82, 2.24) is 5.32 Å². The Labute approximate surface area is 95.8 Å². The van der Waals surface area contributed by atoms with Gasteiger partial charge in [0.25, 0.3) is 0 Å². The maximum atomic E-state index is 12.0. The van der Waals surface area contributed by atoms with Gasteiger partial charge in [-0.05, 0) is 44.1 Å². The lowest BCUT2D eigenvalue weighted by atomic mass is 10.0. The van der Waals surface area contributed by atoms with Crippen LogP contribution in [0.4, 0.5) is 13.2 Å². The van der Waals surface area contributed by atoms with Crippen LogP contribution in [-0.4, -0.2) is 18.8 Å². The van der Waals surface area contributed by atoms with E-state index >= 15 is 0 Å². The van der Waals surface area contributed by atoms with Crippen LogP contribution in [0.1, 0.15) is 46.0 Å². The quantitative estimate of drug-likeness (QED) is 0.711.